The molecule has 0 radical (unpaired) electrons. The quantitative estimate of drug-likeness (QED) is 0.817. The predicted molar refractivity (Wildman–Crippen MR) is 78.7 cm³/mol. The second-order valence-corrected chi connectivity index (χ2v) is 6.66. The Labute approximate surface area is 124 Å². The van der Waals surface area contributed by atoms with Gasteiger partial charge in [0.15, 0.2) is 0 Å². The van der Waals surface area contributed by atoms with Gasteiger partial charge in [0.2, 0.25) is 15.9 Å². The lowest BCUT2D eigenvalue weighted by atomic mass is 10.0. The molecule has 0 aliphatic heterocycles. The number of rotatable bonds is 6. The van der Waals surface area contributed by atoms with E-state index in [2.05, 4.69) is 5.32 Å². The first-order valence-corrected chi connectivity index (χ1v) is 7.69. The zero-order valence-electron chi connectivity index (χ0n) is 12.5. The van der Waals surface area contributed by atoms with Gasteiger partial charge < -0.3 is 14.8 Å². The summed E-state index contributed by atoms with van der Waals surface area (Å²) in [5.74, 6) is 0.0118. The van der Waals surface area contributed by atoms with Crippen molar-refractivity contribution in [3.8, 4) is 5.75 Å². The highest BCUT2D eigenvalue weighted by Crippen LogP contribution is 2.27. The molecule has 0 aliphatic rings. The number of carbonyl (C=O) groups is 1. The van der Waals surface area contributed by atoms with Gasteiger partial charge in [-0.1, -0.05) is 0 Å². The van der Waals surface area contributed by atoms with E-state index in [1.807, 2.05) is 0 Å². The van der Waals surface area contributed by atoms with Crippen molar-refractivity contribution in [2.24, 2.45) is 5.14 Å². The van der Waals surface area contributed by atoms with Crippen LogP contribution in [0.25, 0.3) is 0 Å². The maximum Gasteiger partial charge on any atom is 0.238 e. The van der Waals surface area contributed by atoms with E-state index in [1.54, 1.807) is 13.8 Å². The summed E-state index contributed by atoms with van der Waals surface area (Å²) in [6, 6.07) is 3.99. The first-order valence-electron chi connectivity index (χ1n) is 6.15. The maximum atomic E-state index is 12.0. The number of benzene rings is 1. The summed E-state index contributed by atoms with van der Waals surface area (Å²) in [6.07, 6.45) is 0.103. The molecule has 118 valence electrons. The number of nitrogens with one attached hydrogen (secondary N) is 1. The molecule has 0 saturated carbocycles. The summed E-state index contributed by atoms with van der Waals surface area (Å²) < 4.78 is 33.0. The Balaban J connectivity index is 3.03. The molecule has 1 amide bonds. The van der Waals surface area contributed by atoms with Crippen LogP contribution in [0.2, 0.25) is 0 Å². The third-order valence-electron chi connectivity index (χ3n) is 2.91. The van der Waals surface area contributed by atoms with E-state index < -0.39 is 15.6 Å². The van der Waals surface area contributed by atoms with Crippen molar-refractivity contribution < 1.29 is 22.7 Å². The molecule has 0 atom stereocenters. The molecule has 0 fully saturated rings. The zero-order chi connectivity index (χ0) is 16.3. The molecular formula is C13H20N2O5S. The molecule has 0 heterocycles. The van der Waals surface area contributed by atoms with Crippen LogP contribution in [0.5, 0.6) is 5.75 Å². The van der Waals surface area contributed by atoms with Crippen molar-refractivity contribution >= 4 is 21.6 Å². The van der Waals surface area contributed by atoms with Gasteiger partial charge in [0.05, 0.1) is 29.7 Å². The van der Waals surface area contributed by atoms with Gasteiger partial charge in [-0.2, -0.15) is 0 Å². The molecule has 8 heteroatoms. The van der Waals surface area contributed by atoms with Gasteiger partial charge in [0.1, 0.15) is 5.75 Å². The molecular weight excluding hydrogens is 296 g/mol. The normalized spacial score (nSPS) is 12.0. The molecule has 1 aromatic carbocycles. The van der Waals surface area contributed by atoms with Crippen molar-refractivity contribution in [3.05, 3.63) is 18.2 Å². The summed E-state index contributed by atoms with van der Waals surface area (Å²) in [7, 11) is -0.931. The highest BCUT2D eigenvalue weighted by atomic mass is 32.2. The number of amides is 1. The number of carbonyl (C=O) groups excluding carboxylic acids is 1. The minimum atomic E-state index is -3.86. The molecule has 0 aromatic heterocycles. The van der Waals surface area contributed by atoms with Crippen LogP contribution in [-0.2, 0) is 19.6 Å². The monoisotopic (exact) mass is 316 g/mol. The van der Waals surface area contributed by atoms with E-state index in [4.69, 9.17) is 14.6 Å². The van der Waals surface area contributed by atoms with Crippen LogP contribution in [0.3, 0.4) is 0 Å². The fourth-order valence-electron chi connectivity index (χ4n) is 1.61. The smallest absolute Gasteiger partial charge is 0.238 e. The first kappa shape index (κ1) is 17.4. The first-order chi connectivity index (χ1) is 9.59. The number of anilines is 1. The number of hydrogen-bond donors (Lipinski definition) is 2. The molecule has 0 spiro atoms. The Morgan fingerprint density at radius 2 is 1.95 bits per heavy atom. The van der Waals surface area contributed by atoms with Gasteiger partial charge in [-0.05, 0) is 32.0 Å². The number of sulfonamides is 1. The van der Waals surface area contributed by atoms with E-state index in [-0.39, 0.29) is 22.9 Å². The van der Waals surface area contributed by atoms with Crippen LogP contribution in [0, 0.1) is 0 Å². The molecule has 0 aliphatic carbocycles. The lowest BCUT2D eigenvalue weighted by Crippen LogP contribution is -2.29. The second kappa shape index (κ2) is 6.42. The average Bonchev–Trinajstić information content (AvgIpc) is 2.36. The fourth-order valence-corrected chi connectivity index (χ4v) is 2.15. The van der Waals surface area contributed by atoms with Crippen molar-refractivity contribution in [1.29, 1.82) is 0 Å². The predicted octanol–water partition coefficient (Wildman–Crippen LogP) is 1.10. The highest BCUT2D eigenvalue weighted by molar-refractivity contribution is 7.89. The van der Waals surface area contributed by atoms with Crippen molar-refractivity contribution in [1.82, 2.24) is 0 Å². The minimum Gasteiger partial charge on any atom is -0.495 e. The van der Waals surface area contributed by atoms with E-state index in [9.17, 15) is 13.2 Å². The minimum absolute atomic E-state index is 0.103. The topological polar surface area (TPSA) is 108 Å². The number of methoxy groups -OCH3 is 2. The Bertz CT molecular complexity index is 625. The van der Waals surface area contributed by atoms with Gasteiger partial charge in [0.25, 0.3) is 0 Å². The Kier molecular flexibility index (Phi) is 5.32. The Morgan fingerprint density at radius 3 is 2.43 bits per heavy atom. The molecule has 0 bridgehead atoms. The van der Waals surface area contributed by atoms with Crippen LogP contribution in [0.4, 0.5) is 5.69 Å². The Hall–Kier alpha value is -1.64. The van der Waals surface area contributed by atoms with E-state index in [0.717, 1.165) is 0 Å². The highest BCUT2D eigenvalue weighted by Gasteiger charge is 2.22. The molecule has 21 heavy (non-hydrogen) atoms. The molecule has 1 rings (SSSR count). The Morgan fingerprint density at radius 1 is 1.33 bits per heavy atom. The fraction of sp³-hybridized carbons (Fsp3) is 0.462. The third-order valence-corrected chi connectivity index (χ3v) is 3.82. The van der Waals surface area contributed by atoms with Gasteiger partial charge in [0, 0.05) is 7.11 Å². The van der Waals surface area contributed by atoms with Gasteiger partial charge in [-0.25, -0.2) is 13.6 Å². The van der Waals surface area contributed by atoms with Crippen LogP contribution >= 0.6 is 0 Å². The van der Waals surface area contributed by atoms with Gasteiger partial charge in [-0.3, -0.25) is 4.79 Å². The molecule has 0 unspecified atom stereocenters. The summed E-state index contributed by atoms with van der Waals surface area (Å²) >= 11 is 0. The van der Waals surface area contributed by atoms with E-state index >= 15 is 0 Å². The second-order valence-electron chi connectivity index (χ2n) is 5.10. The SMILES string of the molecule is COc1ccc(S(N)(=O)=O)cc1NC(=O)CC(C)(C)OC. The van der Waals surface area contributed by atoms with E-state index in [1.165, 1.54) is 32.4 Å². The maximum absolute atomic E-state index is 12.0. The van der Waals surface area contributed by atoms with Crippen molar-refractivity contribution in [2.45, 2.75) is 30.8 Å². The van der Waals surface area contributed by atoms with Crippen LogP contribution < -0.4 is 15.2 Å². The standard InChI is InChI=1S/C13H20N2O5S/c1-13(2,20-4)8-12(16)15-10-7-9(21(14,17)18)5-6-11(10)19-3/h5-7H,8H2,1-4H3,(H,15,16)(H2,14,17,18). The largest absolute Gasteiger partial charge is 0.495 e. The molecule has 0 saturated heterocycles. The van der Waals surface area contributed by atoms with E-state index in [0.29, 0.717) is 5.75 Å². The number of hydrogen-bond acceptors (Lipinski definition) is 5. The summed E-state index contributed by atoms with van der Waals surface area (Å²) in [5, 5.41) is 7.67. The van der Waals surface area contributed by atoms with Crippen LogP contribution in [0.15, 0.2) is 23.1 Å². The average molecular weight is 316 g/mol. The van der Waals surface area contributed by atoms with Crippen molar-refractivity contribution in [3.63, 3.8) is 0 Å². The number of nitrogens with two attached hydrogens (primary N) is 1. The number of ether oxygens (including phenoxy) is 2. The van der Waals surface area contributed by atoms with Crippen LogP contribution in [-0.4, -0.2) is 34.1 Å². The summed E-state index contributed by atoms with van der Waals surface area (Å²) in [4.78, 5) is 11.9. The molecule has 1 aromatic rings. The third kappa shape index (κ3) is 5.00. The summed E-state index contributed by atoms with van der Waals surface area (Å²) in [5.41, 5.74) is -0.393. The van der Waals surface area contributed by atoms with Gasteiger partial charge in [-0.15, -0.1) is 0 Å². The lowest BCUT2D eigenvalue weighted by Gasteiger charge is -2.22. The lowest BCUT2D eigenvalue weighted by molar-refractivity contribution is -0.121. The molecule has 7 nitrogen and oxygen atoms in total. The molecule has 3 N–H and O–H groups in total. The van der Waals surface area contributed by atoms with Gasteiger partial charge >= 0.3 is 0 Å². The zero-order valence-corrected chi connectivity index (χ0v) is 13.3. The van der Waals surface area contributed by atoms with Crippen LogP contribution in [0.1, 0.15) is 20.3 Å². The number of primary sulfonamides is 1. The van der Waals surface area contributed by atoms with Crippen molar-refractivity contribution in [2.75, 3.05) is 19.5 Å². The summed E-state index contributed by atoms with van der Waals surface area (Å²) in [6.45, 7) is 3.54.